The number of alkyl halides is 1. The number of hydrogen-bond donors (Lipinski definition) is 1. The molecule has 2 aromatic carbocycles. The van der Waals surface area contributed by atoms with Gasteiger partial charge in [0.05, 0.1) is 4.92 Å². The van der Waals surface area contributed by atoms with Crippen LogP contribution in [-0.4, -0.2) is 16.2 Å². The van der Waals surface area contributed by atoms with E-state index in [9.17, 15) is 14.9 Å². The molecule has 0 aromatic heterocycles. The number of nitro benzene ring substituents is 1. The summed E-state index contributed by atoms with van der Waals surface area (Å²) in [5.41, 5.74) is 1.22. The zero-order valence-corrected chi connectivity index (χ0v) is 11.8. The Morgan fingerprint density at radius 2 is 1.90 bits per heavy atom. The number of non-ortho nitro benzene ring substituents is 1. The Labute approximate surface area is 126 Å². The number of hydrogen-bond acceptors (Lipinski definition) is 3. The van der Waals surface area contributed by atoms with Gasteiger partial charge in [0.1, 0.15) is 5.38 Å². The van der Waals surface area contributed by atoms with Crippen molar-refractivity contribution in [1.82, 2.24) is 0 Å². The summed E-state index contributed by atoms with van der Waals surface area (Å²) in [4.78, 5) is 22.1. The largest absolute Gasteiger partial charge is 0.325 e. The number of anilines is 1. The van der Waals surface area contributed by atoms with Crippen LogP contribution in [0.25, 0.3) is 0 Å². The van der Waals surface area contributed by atoms with Crippen LogP contribution < -0.4 is 5.32 Å². The Morgan fingerprint density at radius 3 is 2.57 bits per heavy atom. The first kappa shape index (κ1) is 15.0. The lowest BCUT2D eigenvalue weighted by molar-refractivity contribution is -0.384. The summed E-state index contributed by atoms with van der Waals surface area (Å²) in [6.45, 7) is 0. The molecular weight excluding hydrogens is 292 g/mol. The summed E-state index contributed by atoms with van der Waals surface area (Å²) in [6, 6.07) is 15.1. The lowest BCUT2D eigenvalue weighted by atomic mass is 10.1. The van der Waals surface area contributed by atoms with Gasteiger partial charge in [-0.3, -0.25) is 14.9 Å². The SMILES string of the molecule is O=C(Nc1cccc([N+](=O)[O-])c1)C(Cl)Cc1ccccc1. The molecule has 1 amide bonds. The molecule has 21 heavy (non-hydrogen) atoms. The molecule has 2 rings (SSSR count). The van der Waals surface area contributed by atoms with Crippen LogP contribution in [-0.2, 0) is 11.2 Å². The number of nitrogens with one attached hydrogen (secondary N) is 1. The second-order valence-electron chi connectivity index (χ2n) is 4.45. The maximum atomic E-state index is 12.0. The number of benzene rings is 2. The Morgan fingerprint density at radius 1 is 1.19 bits per heavy atom. The van der Waals surface area contributed by atoms with E-state index in [4.69, 9.17) is 11.6 Å². The number of carbonyl (C=O) groups excluding carboxylic acids is 1. The van der Waals surface area contributed by atoms with E-state index in [1.54, 1.807) is 6.07 Å². The van der Waals surface area contributed by atoms with Crippen LogP contribution in [0.4, 0.5) is 11.4 Å². The molecule has 0 heterocycles. The van der Waals surface area contributed by atoms with E-state index in [1.807, 2.05) is 30.3 Å². The third-order valence-corrected chi connectivity index (χ3v) is 3.22. The van der Waals surface area contributed by atoms with E-state index in [0.29, 0.717) is 12.1 Å². The minimum atomic E-state index is -0.744. The van der Waals surface area contributed by atoms with Crippen molar-refractivity contribution in [2.24, 2.45) is 0 Å². The summed E-state index contributed by atoms with van der Waals surface area (Å²) >= 11 is 6.07. The van der Waals surface area contributed by atoms with Crippen molar-refractivity contribution >= 4 is 28.9 Å². The first-order valence-electron chi connectivity index (χ1n) is 6.29. The fraction of sp³-hybridized carbons (Fsp3) is 0.133. The van der Waals surface area contributed by atoms with Gasteiger partial charge in [-0.2, -0.15) is 0 Å². The van der Waals surface area contributed by atoms with Crippen molar-refractivity contribution in [3.63, 3.8) is 0 Å². The highest BCUT2D eigenvalue weighted by Gasteiger charge is 2.17. The minimum Gasteiger partial charge on any atom is -0.325 e. The number of rotatable bonds is 5. The second-order valence-corrected chi connectivity index (χ2v) is 4.98. The van der Waals surface area contributed by atoms with Gasteiger partial charge in [-0.25, -0.2) is 0 Å². The molecular formula is C15H13ClN2O3. The molecule has 0 saturated carbocycles. The van der Waals surface area contributed by atoms with Crippen molar-refractivity contribution in [1.29, 1.82) is 0 Å². The highest BCUT2D eigenvalue weighted by Crippen LogP contribution is 2.18. The molecule has 6 heteroatoms. The van der Waals surface area contributed by atoms with E-state index < -0.39 is 10.3 Å². The van der Waals surface area contributed by atoms with Gasteiger partial charge in [0.15, 0.2) is 0 Å². The van der Waals surface area contributed by atoms with E-state index in [2.05, 4.69) is 5.32 Å². The highest BCUT2D eigenvalue weighted by atomic mass is 35.5. The average molecular weight is 305 g/mol. The molecule has 1 atom stereocenters. The van der Waals surface area contributed by atoms with Crippen molar-refractivity contribution < 1.29 is 9.72 Å². The van der Waals surface area contributed by atoms with Crippen molar-refractivity contribution in [3.8, 4) is 0 Å². The number of carbonyl (C=O) groups is 1. The summed E-state index contributed by atoms with van der Waals surface area (Å²) in [5, 5.41) is 12.5. The fourth-order valence-corrected chi connectivity index (χ4v) is 2.06. The normalized spacial score (nSPS) is 11.7. The van der Waals surface area contributed by atoms with E-state index >= 15 is 0 Å². The minimum absolute atomic E-state index is 0.0815. The topological polar surface area (TPSA) is 72.2 Å². The van der Waals surface area contributed by atoms with E-state index in [1.165, 1.54) is 18.2 Å². The Balaban J connectivity index is 2.00. The molecule has 0 saturated heterocycles. The van der Waals surface area contributed by atoms with Crippen molar-refractivity contribution in [2.45, 2.75) is 11.8 Å². The standard InChI is InChI=1S/C15H13ClN2O3/c16-14(9-11-5-2-1-3-6-11)15(19)17-12-7-4-8-13(10-12)18(20)21/h1-8,10,14H,9H2,(H,17,19). The fourth-order valence-electron chi connectivity index (χ4n) is 1.83. The predicted molar refractivity (Wildman–Crippen MR) is 81.5 cm³/mol. The Bertz CT molecular complexity index is 646. The summed E-state index contributed by atoms with van der Waals surface area (Å²) in [7, 11) is 0. The maximum absolute atomic E-state index is 12.0. The Hall–Kier alpha value is -2.40. The number of amides is 1. The first-order chi connectivity index (χ1) is 10.1. The summed E-state index contributed by atoms with van der Waals surface area (Å²) in [6.07, 6.45) is 0.392. The van der Waals surface area contributed by atoms with Crippen LogP contribution in [0.5, 0.6) is 0 Å². The van der Waals surface area contributed by atoms with Crippen LogP contribution in [0.2, 0.25) is 0 Å². The zero-order valence-electron chi connectivity index (χ0n) is 11.0. The molecule has 0 bridgehead atoms. The molecule has 1 N–H and O–H groups in total. The van der Waals surface area contributed by atoms with E-state index in [-0.39, 0.29) is 11.6 Å². The predicted octanol–water partition coefficient (Wildman–Crippen LogP) is 3.38. The van der Waals surface area contributed by atoms with Gasteiger partial charge in [0.2, 0.25) is 5.91 Å². The molecule has 0 aliphatic heterocycles. The molecule has 0 aliphatic carbocycles. The van der Waals surface area contributed by atoms with Crippen LogP contribution in [0.3, 0.4) is 0 Å². The molecule has 0 aliphatic rings. The van der Waals surface area contributed by atoms with Crippen LogP contribution in [0.15, 0.2) is 54.6 Å². The smallest absolute Gasteiger partial charge is 0.271 e. The van der Waals surface area contributed by atoms with Gasteiger partial charge >= 0.3 is 0 Å². The lowest BCUT2D eigenvalue weighted by Gasteiger charge is -2.10. The molecule has 108 valence electrons. The lowest BCUT2D eigenvalue weighted by Crippen LogP contribution is -2.25. The third-order valence-electron chi connectivity index (χ3n) is 2.87. The summed E-state index contributed by atoms with van der Waals surface area (Å²) < 4.78 is 0. The van der Waals surface area contributed by atoms with Gasteiger partial charge in [-0.15, -0.1) is 11.6 Å². The highest BCUT2D eigenvalue weighted by molar-refractivity contribution is 6.32. The molecule has 0 spiro atoms. The van der Waals surface area contributed by atoms with Gasteiger partial charge in [0, 0.05) is 17.8 Å². The van der Waals surface area contributed by atoms with Gasteiger partial charge in [-0.05, 0) is 18.1 Å². The average Bonchev–Trinajstić information content (AvgIpc) is 2.48. The Kier molecular flexibility index (Phi) is 4.90. The first-order valence-corrected chi connectivity index (χ1v) is 6.73. The maximum Gasteiger partial charge on any atom is 0.271 e. The van der Waals surface area contributed by atoms with Gasteiger partial charge < -0.3 is 5.32 Å². The number of nitrogens with zero attached hydrogens (tertiary/aromatic N) is 1. The van der Waals surface area contributed by atoms with Crippen LogP contribution in [0.1, 0.15) is 5.56 Å². The quantitative estimate of drug-likeness (QED) is 0.523. The van der Waals surface area contributed by atoms with Crippen LogP contribution >= 0.6 is 11.6 Å². The van der Waals surface area contributed by atoms with Crippen molar-refractivity contribution in [3.05, 3.63) is 70.3 Å². The monoisotopic (exact) mass is 304 g/mol. The third kappa shape index (κ3) is 4.29. The number of halogens is 1. The van der Waals surface area contributed by atoms with Crippen LogP contribution in [0, 0.1) is 10.1 Å². The second kappa shape index (κ2) is 6.85. The van der Waals surface area contributed by atoms with Gasteiger partial charge in [0.25, 0.3) is 5.69 Å². The van der Waals surface area contributed by atoms with E-state index in [0.717, 1.165) is 5.56 Å². The number of nitro groups is 1. The van der Waals surface area contributed by atoms with Crippen molar-refractivity contribution in [2.75, 3.05) is 5.32 Å². The molecule has 5 nitrogen and oxygen atoms in total. The molecule has 0 radical (unpaired) electrons. The molecule has 2 aromatic rings. The zero-order chi connectivity index (χ0) is 15.2. The molecule has 1 unspecified atom stereocenters. The molecule has 0 fully saturated rings. The summed E-state index contributed by atoms with van der Waals surface area (Å²) in [5.74, 6) is -0.388. The van der Waals surface area contributed by atoms with Gasteiger partial charge in [-0.1, -0.05) is 36.4 Å².